The summed E-state index contributed by atoms with van der Waals surface area (Å²) in [5.41, 5.74) is 1.21. The van der Waals surface area contributed by atoms with Crippen LogP contribution in [0.15, 0.2) is 39.8 Å². The molecule has 0 radical (unpaired) electrons. The molecule has 0 aliphatic carbocycles. The standard InChI is InChI=1S/C11H7N3S/c1-14-9-4-2-3-5-10(9)15-11(14)8(6-12)7-13/h2-5H,1H3. The largest absolute Gasteiger partial charge is 0.336 e. The fraction of sp³-hybridized carbons (Fsp3) is 0.0909. The first kappa shape index (κ1) is 9.64. The monoisotopic (exact) mass is 213 g/mol. The number of rotatable bonds is 0. The molecule has 0 amide bonds. The minimum atomic E-state index is 0.165. The lowest BCUT2D eigenvalue weighted by atomic mass is 10.3. The van der Waals surface area contributed by atoms with E-state index in [1.807, 2.05) is 48.4 Å². The Bertz CT molecular complexity index is 503. The average Bonchev–Trinajstić information content (AvgIpc) is 2.60. The minimum absolute atomic E-state index is 0.165. The fourth-order valence-electron chi connectivity index (χ4n) is 1.44. The Hall–Kier alpha value is -1.91. The van der Waals surface area contributed by atoms with Crippen molar-refractivity contribution in [1.29, 1.82) is 10.5 Å². The Morgan fingerprint density at radius 3 is 2.53 bits per heavy atom. The summed E-state index contributed by atoms with van der Waals surface area (Å²) in [4.78, 5) is 2.96. The summed E-state index contributed by atoms with van der Waals surface area (Å²) < 4.78 is 0. The Kier molecular flexibility index (Phi) is 2.37. The van der Waals surface area contributed by atoms with E-state index in [-0.39, 0.29) is 5.57 Å². The highest BCUT2D eigenvalue weighted by molar-refractivity contribution is 8.03. The Morgan fingerprint density at radius 2 is 1.93 bits per heavy atom. The molecule has 72 valence electrons. The molecule has 0 spiro atoms. The lowest BCUT2D eigenvalue weighted by Gasteiger charge is -2.12. The van der Waals surface area contributed by atoms with Crippen LogP contribution in [-0.2, 0) is 0 Å². The number of nitrogens with zero attached hydrogens (tertiary/aromatic N) is 3. The quantitative estimate of drug-likeness (QED) is 0.621. The topological polar surface area (TPSA) is 50.8 Å². The van der Waals surface area contributed by atoms with Crippen LogP contribution in [0.1, 0.15) is 0 Å². The first-order chi connectivity index (χ1) is 7.27. The summed E-state index contributed by atoms with van der Waals surface area (Å²) >= 11 is 1.46. The molecule has 15 heavy (non-hydrogen) atoms. The van der Waals surface area contributed by atoms with Gasteiger partial charge in [-0.1, -0.05) is 23.9 Å². The van der Waals surface area contributed by atoms with Gasteiger partial charge in [-0.2, -0.15) is 10.5 Å². The molecule has 0 aromatic heterocycles. The molecular formula is C11H7N3S. The molecule has 0 N–H and O–H groups in total. The van der Waals surface area contributed by atoms with E-state index in [2.05, 4.69) is 0 Å². The molecule has 4 heteroatoms. The zero-order valence-electron chi connectivity index (χ0n) is 8.06. The van der Waals surface area contributed by atoms with Gasteiger partial charge in [0.15, 0.2) is 5.57 Å². The van der Waals surface area contributed by atoms with Crippen molar-refractivity contribution in [3.8, 4) is 12.1 Å². The number of para-hydroxylation sites is 1. The number of allylic oxidation sites excluding steroid dienone is 1. The number of benzene rings is 1. The molecule has 1 aliphatic heterocycles. The Morgan fingerprint density at radius 1 is 1.27 bits per heavy atom. The van der Waals surface area contributed by atoms with Crippen LogP contribution < -0.4 is 4.90 Å². The van der Waals surface area contributed by atoms with Crippen LogP contribution in [0.25, 0.3) is 0 Å². The molecule has 1 aromatic carbocycles. The van der Waals surface area contributed by atoms with Gasteiger partial charge in [0.2, 0.25) is 0 Å². The summed E-state index contributed by atoms with van der Waals surface area (Å²) in [7, 11) is 1.86. The number of anilines is 1. The summed E-state index contributed by atoms with van der Waals surface area (Å²) in [6.45, 7) is 0. The number of thioether (sulfide) groups is 1. The van der Waals surface area contributed by atoms with Gasteiger partial charge in [0.1, 0.15) is 17.2 Å². The Labute approximate surface area is 92.2 Å². The maximum atomic E-state index is 8.81. The Balaban J connectivity index is 2.54. The van der Waals surface area contributed by atoms with E-state index < -0.39 is 0 Å². The van der Waals surface area contributed by atoms with E-state index in [0.29, 0.717) is 5.03 Å². The number of hydrogen-bond acceptors (Lipinski definition) is 4. The van der Waals surface area contributed by atoms with Gasteiger partial charge in [-0.25, -0.2) is 0 Å². The molecule has 1 heterocycles. The van der Waals surface area contributed by atoms with E-state index in [1.54, 1.807) is 0 Å². The van der Waals surface area contributed by atoms with E-state index >= 15 is 0 Å². The average molecular weight is 213 g/mol. The van der Waals surface area contributed by atoms with Crippen LogP contribution in [0, 0.1) is 22.7 Å². The van der Waals surface area contributed by atoms with Crippen molar-refractivity contribution < 1.29 is 0 Å². The van der Waals surface area contributed by atoms with E-state index in [0.717, 1.165) is 10.6 Å². The first-order valence-electron chi connectivity index (χ1n) is 4.33. The van der Waals surface area contributed by atoms with Crippen LogP contribution in [-0.4, -0.2) is 7.05 Å². The molecule has 2 rings (SSSR count). The van der Waals surface area contributed by atoms with E-state index in [9.17, 15) is 0 Å². The van der Waals surface area contributed by atoms with Crippen molar-refractivity contribution in [2.75, 3.05) is 11.9 Å². The fourth-order valence-corrected chi connectivity index (χ4v) is 2.54. The summed E-state index contributed by atoms with van der Waals surface area (Å²) in [6.07, 6.45) is 0. The predicted molar refractivity (Wildman–Crippen MR) is 59.0 cm³/mol. The van der Waals surface area contributed by atoms with Gasteiger partial charge >= 0.3 is 0 Å². The van der Waals surface area contributed by atoms with Crippen molar-refractivity contribution in [3.05, 3.63) is 34.9 Å². The van der Waals surface area contributed by atoms with Crippen molar-refractivity contribution in [3.63, 3.8) is 0 Å². The molecule has 0 saturated carbocycles. The van der Waals surface area contributed by atoms with Crippen LogP contribution in [0.5, 0.6) is 0 Å². The molecule has 3 nitrogen and oxygen atoms in total. The summed E-state index contributed by atoms with van der Waals surface area (Å²) in [6, 6.07) is 11.7. The molecule has 0 unspecified atom stereocenters. The van der Waals surface area contributed by atoms with E-state index in [4.69, 9.17) is 10.5 Å². The van der Waals surface area contributed by atoms with Crippen molar-refractivity contribution in [2.24, 2.45) is 0 Å². The minimum Gasteiger partial charge on any atom is -0.336 e. The third-order valence-corrected chi connectivity index (χ3v) is 3.41. The highest BCUT2D eigenvalue weighted by Gasteiger charge is 2.24. The number of nitriles is 2. The maximum absolute atomic E-state index is 8.81. The van der Waals surface area contributed by atoms with Crippen LogP contribution in [0.2, 0.25) is 0 Å². The summed E-state index contributed by atoms with van der Waals surface area (Å²) in [5.74, 6) is 0. The van der Waals surface area contributed by atoms with Gasteiger partial charge in [0.25, 0.3) is 0 Å². The molecule has 1 aliphatic rings. The second-order valence-corrected chi connectivity index (χ2v) is 4.06. The van der Waals surface area contributed by atoms with Gasteiger partial charge < -0.3 is 4.90 Å². The SMILES string of the molecule is CN1C(=C(C#N)C#N)Sc2ccccc21. The third-order valence-electron chi connectivity index (χ3n) is 2.18. The van der Waals surface area contributed by atoms with Crippen molar-refractivity contribution in [2.45, 2.75) is 4.90 Å². The zero-order valence-corrected chi connectivity index (χ0v) is 8.88. The molecule has 1 aromatic rings. The van der Waals surface area contributed by atoms with E-state index in [1.165, 1.54) is 11.8 Å². The van der Waals surface area contributed by atoms with Gasteiger partial charge in [-0.05, 0) is 12.1 Å². The molecule has 0 saturated heterocycles. The van der Waals surface area contributed by atoms with Gasteiger partial charge in [0.05, 0.1) is 5.69 Å². The van der Waals surface area contributed by atoms with Gasteiger partial charge in [0, 0.05) is 11.9 Å². The lowest BCUT2D eigenvalue weighted by Crippen LogP contribution is -2.11. The first-order valence-corrected chi connectivity index (χ1v) is 5.14. The van der Waals surface area contributed by atoms with Crippen LogP contribution >= 0.6 is 11.8 Å². The predicted octanol–water partition coefficient (Wildman–Crippen LogP) is 2.49. The maximum Gasteiger partial charge on any atom is 0.160 e. The number of fused-ring (bicyclic) bond motifs is 1. The second-order valence-electron chi connectivity index (χ2n) is 3.03. The molecule has 0 fully saturated rings. The van der Waals surface area contributed by atoms with Crippen LogP contribution in [0.4, 0.5) is 5.69 Å². The zero-order chi connectivity index (χ0) is 10.8. The van der Waals surface area contributed by atoms with Crippen molar-refractivity contribution in [1.82, 2.24) is 0 Å². The van der Waals surface area contributed by atoms with Gasteiger partial charge in [-0.3, -0.25) is 0 Å². The highest BCUT2D eigenvalue weighted by atomic mass is 32.2. The molecule has 0 atom stereocenters. The molecule has 0 bridgehead atoms. The molecular weight excluding hydrogens is 206 g/mol. The number of hydrogen-bond donors (Lipinski definition) is 0. The van der Waals surface area contributed by atoms with Crippen LogP contribution in [0.3, 0.4) is 0 Å². The normalized spacial score (nSPS) is 13.0. The van der Waals surface area contributed by atoms with Gasteiger partial charge in [-0.15, -0.1) is 0 Å². The smallest absolute Gasteiger partial charge is 0.160 e. The highest BCUT2D eigenvalue weighted by Crippen LogP contribution is 2.45. The summed E-state index contributed by atoms with van der Waals surface area (Å²) in [5, 5.41) is 18.3. The second kappa shape index (κ2) is 3.68. The third kappa shape index (κ3) is 1.45. The van der Waals surface area contributed by atoms with Crippen molar-refractivity contribution >= 4 is 17.4 Å². The lowest BCUT2D eigenvalue weighted by molar-refractivity contribution is 1.16.